The summed E-state index contributed by atoms with van der Waals surface area (Å²) in [6.45, 7) is 14.8. The Labute approximate surface area is 300 Å². The summed E-state index contributed by atoms with van der Waals surface area (Å²) in [6.07, 6.45) is 6.78. The fourth-order valence-electron chi connectivity index (χ4n) is 6.20. The normalized spacial score (nSPS) is 12.4. The summed E-state index contributed by atoms with van der Waals surface area (Å²) < 4.78 is 4.25. The number of ketones is 1. The average Bonchev–Trinajstić information content (AvgIpc) is 3.30. The molecule has 3 aromatic carbocycles. The third-order valence-corrected chi connectivity index (χ3v) is 9.11. The first-order chi connectivity index (χ1) is 22.4. The fraction of sp³-hybridized carbons (Fsp3) is 0.390. The van der Waals surface area contributed by atoms with Gasteiger partial charge in [0.25, 0.3) is 0 Å². The molecule has 0 spiro atoms. The van der Waals surface area contributed by atoms with Crippen molar-refractivity contribution in [1.29, 1.82) is 0 Å². The Morgan fingerprint density at radius 2 is 1.50 bits per heavy atom. The Kier molecular flexibility index (Phi) is 13.7. The van der Waals surface area contributed by atoms with E-state index in [1.165, 1.54) is 17.0 Å². The van der Waals surface area contributed by atoms with Gasteiger partial charge in [-0.3, -0.25) is 9.78 Å². The number of hydrogen-bond donors (Lipinski definition) is 1. The Balaban J connectivity index is 0.000000334. The largest absolute Gasteiger partial charge is 0.512 e. The average molecular weight is 824 g/mol. The van der Waals surface area contributed by atoms with Gasteiger partial charge in [0, 0.05) is 64.0 Å². The summed E-state index contributed by atoms with van der Waals surface area (Å²) in [5.41, 5.74) is 7.17. The topological polar surface area (TPSA) is 72.4 Å². The number of hydrogen-bond acceptors (Lipinski definition) is 4. The van der Waals surface area contributed by atoms with Crippen LogP contribution in [-0.4, -0.2) is 25.0 Å². The summed E-state index contributed by atoms with van der Waals surface area (Å²) in [5, 5.41) is 12.1. The van der Waals surface area contributed by atoms with E-state index in [-0.39, 0.29) is 48.9 Å². The number of aromatic nitrogens is 3. The van der Waals surface area contributed by atoms with Crippen LogP contribution in [0.25, 0.3) is 33.1 Å². The molecule has 1 radical (unpaired) electrons. The van der Waals surface area contributed by atoms with Gasteiger partial charge in [0.2, 0.25) is 5.62 Å². The van der Waals surface area contributed by atoms with Crippen LogP contribution in [0.1, 0.15) is 79.7 Å². The maximum absolute atomic E-state index is 11.7. The Hall–Kier alpha value is -3.80. The zero-order valence-electron chi connectivity index (χ0n) is 30.0. The zero-order valence-corrected chi connectivity index (χ0v) is 32.4. The number of aliphatic hydroxyl groups excluding tert-OH is 1. The first kappa shape index (κ1) is 38.6. The second-order valence-electron chi connectivity index (χ2n) is 13.3. The molecule has 1 N–H and O–H groups in total. The van der Waals surface area contributed by atoms with Gasteiger partial charge in [0.1, 0.15) is 0 Å². The molecule has 0 aliphatic heterocycles. The van der Waals surface area contributed by atoms with Gasteiger partial charge in [-0.25, -0.2) is 4.99 Å². The first-order valence-electron chi connectivity index (χ1n) is 16.9. The van der Waals surface area contributed by atoms with Gasteiger partial charge in [0.05, 0.1) is 22.5 Å². The molecule has 0 saturated carbocycles. The molecule has 6 nitrogen and oxygen atoms in total. The van der Waals surface area contributed by atoms with E-state index in [4.69, 9.17) is 9.98 Å². The molecule has 7 heteroatoms. The van der Waals surface area contributed by atoms with Crippen molar-refractivity contribution in [1.82, 2.24) is 14.1 Å². The van der Waals surface area contributed by atoms with Crippen LogP contribution >= 0.6 is 0 Å². The van der Waals surface area contributed by atoms with Crippen molar-refractivity contribution in [3.05, 3.63) is 102 Å². The summed E-state index contributed by atoms with van der Waals surface area (Å²) in [7, 11) is 4.11. The van der Waals surface area contributed by atoms with Crippen molar-refractivity contribution in [3.63, 3.8) is 0 Å². The van der Waals surface area contributed by atoms with Crippen LogP contribution in [0.3, 0.4) is 0 Å². The van der Waals surface area contributed by atoms with E-state index < -0.39 is 0 Å². The molecule has 0 fully saturated rings. The van der Waals surface area contributed by atoms with E-state index in [1.807, 2.05) is 64.2 Å². The van der Waals surface area contributed by atoms with E-state index in [1.54, 1.807) is 0 Å². The number of pyridine rings is 1. The molecule has 0 atom stereocenters. The Morgan fingerprint density at radius 3 is 2.10 bits per heavy atom. The molecular weight excluding hydrogens is 773 g/mol. The molecule has 0 amide bonds. The summed E-state index contributed by atoms with van der Waals surface area (Å²) in [6, 6.07) is 26.5. The van der Waals surface area contributed by atoms with Crippen LogP contribution in [0.2, 0.25) is 0 Å². The molecule has 0 unspecified atom stereocenters. The second-order valence-corrected chi connectivity index (χ2v) is 13.3. The number of aliphatic hydroxyl groups is 1. The van der Waals surface area contributed by atoms with E-state index in [2.05, 4.69) is 86.5 Å². The van der Waals surface area contributed by atoms with Crippen LogP contribution in [-0.2, 0) is 44.4 Å². The molecule has 5 rings (SSSR count). The predicted octanol–water partition coefficient (Wildman–Crippen LogP) is 9.93. The van der Waals surface area contributed by atoms with E-state index >= 15 is 0 Å². The third kappa shape index (κ3) is 8.61. The van der Waals surface area contributed by atoms with E-state index in [9.17, 15) is 9.90 Å². The van der Waals surface area contributed by atoms with Crippen molar-refractivity contribution in [2.24, 2.45) is 30.9 Å². The molecule has 48 heavy (non-hydrogen) atoms. The number of imidazole rings is 1. The van der Waals surface area contributed by atoms with Crippen molar-refractivity contribution >= 4 is 33.3 Å². The Bertz CT molecular complexity index is 1920. The number of carbonyl (C=O) groups is 1. The summed E-state index contributed by atoms with van der Waals surface area (Å²) in [5.74, 6) is 0.547. The van der Waals surface area contributed by atoms with Gasteiger partial charge in [0.15, 0.2) is 5.78 Å². The molecule has 0 bridgehead atoms. The number of benzene rings is 3. The van der Waals surface area contributed by atoms with Gasteiger partial charge in [-0.15, -0.1) is 29.1 Å². The van der Waals surface area contributed by atoms with Crippen molar-refractivity contribution in [2.45, 2.75) is 79.6 Å². The van der Waals surface area contributed by atoms with Crippen LogP contribution in [0.15, 0.2) is 89.8 Å². The molecule has 2 heterocycles. The Morgan fingerprint density at radius 1 is 0.896 bits per heavy atom. The fourth-order valence-corrected chi connectivity index (χ4v) is 6.20. The molecule has 257 valence electrons. The summed E-state index contributed by atoms with van der Waals surface area (Å²) >= 11 is 0. The second kappa shape index (κ2) is 17.0. The van der Waals surface area contributed by atoms with Gasteiger partial charge in [-0.1, -0.05) is 95.8 Å². The van der Waals surface area contributed by atoms with Gasteiger partial charge in [-0.2, -0.15) is 0 Å². The van der Waals surface area contributed by atoms with Crippen LogP contribution in [0, 0.1) is 17.9 Å². The van der Waals surface area contributed by atoms with Crippen LogP contribution in [0.4, 0.5) is 5.69 Å². The zero-order chi connectivity index (χ0) is 34.3. The van der Waals surface area contributed by atoms with Crippen molar-refractivity contribution < 1.29 is 30.0 Å². The maximum atomic E-state index is 11.7. The number of nitrogens with zero attached hydrogens (tertiary/aromatic N) is 4. The number of rotatable bonds is 9. The first-order valence-corrected chi connectivity index (χ1v) is 16.9. The van der Waals surface area contributed by atoms with E-state index in [0.717, 1.165) is 64.7 Å². The molecule has 2 aromatic heterocycles. The van der Waals surface area contributed by atoms with Crippen LogP contribution < -0.4 is 5.62 Å². The number of allylic oxidation sites excluding steroid dienone is 2. The maximum Gasteiger partial charge on any atom is 0.210 e. The quantitative estimate of drug-likeness (QED) is 0.0915. The molecule has 0 saturated heterocycles. The smallest absolute Gasteiger partial charge is 0.210 e. The van der Waals surface area contributed by atoms with Gasteiger partial charge < -0.3 is 14.2 Å². The predicted molar refractivity (Wildman–Crippen MR) is 196 cm³/mol. The standard InChI is InChI=1S/C28H27N4.C13H24O2.Ir/c1-28(2,3)23-18-20(17-19-11-9-10-14-22(19)23)25-26-24(15-16-29-25)31(4)27(32(26)5)30-21-12-7-6-8-13-21;1-5-10(6-2)12(14)9-13(15)11(7-3)8-4;/h6-16,18H,1-5H3;9-11,14H,5-8H2,1-4H3;/q-1;;/b;12-9-;. The molecule has 0 aliphatic carbocycles. The van der Waals surface area contributed by atoms with Crippen LogP contribution in [0.5, 0.6) is 0 Å². The SMILES string of the molecule is CCC(CC)C(=O)/C=C(\O)C(CC)CC.Cn1c(=Nc2ccccc2)n(C)c2c(-c3[c-]c4ccccc4c(C(C)(C)C)c3)nccc21.[Ir]. The van der Waals surface area contributed by atoms with Crippen molar-refractivity contribution in [2.75, 3.05) is 0 Å². The minimum absolute atomic E-state index is 0. The monoisotopic (exact) mass is 824 g/mol. The third-order valence-electron chi connectivity index (χ3n) is 9.11. The number of carbonyl (C=O) groups excluding carboxylic acids is 1. The number of fused-ring (bicyclic) bond motifs is 2. The van der Waals surface area contributed by atoms with Gasteiger partial charge in [-0.05, 0) is 49.3 Å². The minimum atomic E-state index is 0. The summed E-state index contributed by atoms with van der Waals surface area (Å²) in [4.78, 5) is 21.4. The van der Waals surface area contributed by atoms with Crippen molar-refractivity contribution in [3.8, 4) is 11.3 Å². The van der Waals surface area contributed by atoms with Gasteiger partial charge >= 0.3 is 0 Å². The molecular formula is C41H51IrN4O2-. The molecule has 5 aromatic rings. The number of aryl methyl sites for hydroxylation is 2. The van der Waals surface area contributed by atoms with E-state index in [0.29, 0.717) is 0 Å². The minimum Gasteiger partial charge on any atom is -0.512 e. The number of para-hydroxylation sites is 1. The molecule has 0 aliphatic rings.